The van der Waals surface area contributed by atoms with Crippen molar-refractivity contribution in [1.82, 2.24) is 15.5 Å². The average Bonchev–Trinajstić information content (AvgIpc) is 2.72. The number of likely N-dealkylation sites (tertiary alicyclic amines) is 1. The van der Waals surface area contributed by atoms with E-state index >= 15 is 0 Å². The van der Waals surface area contributed by atoms with Crippen LogP contribution in [-0.4, -0.2) is 67.4 Å². The van der Waals surface area contributed by atoms with Gasteiger partial charge in [-0.15, -0.1) is 24.0 Å². The van der Waals surface area contributed by atoms with Crippen molar-refractivity contribution in [2.75, 3.05) is 39.3 Å². The summed E-state index contributed by atoms with van der Waals surface area (Å²) in [5.74, 6) is 0.784. The molecule has 0 saturated carbocycles. The molecule has 1 aliphatic rings. The van der Waals surface area contributed by atoms with Crippen LogP contribution < -0.4 is 10.6 Å². The van der Waals surface area contributed by atoms with Crippen LogP contribution in [0.4, 0.5) is 0 Å². The second-order valence-corrected chi connectivity index (χ2v) is 7.52. The minimum Gasteiger partial charge on any atom is -0.389 e. The summed E-state index contributed by atoms with van der Waals surface area (Å²) in [5, 5.41) is 17.1. The van der Waals surface area contributed by atoms with Gasteiger partial charge in [-0.3, -0.25) is 4.99 Å². The lowest BCUT2D eigenvalue weighted by molar-refractivity contribution is 0.00111. The third-order valence-electron chi connectivity index (χ3n) is 5.08. The lowest BCUT2D eigenvalue weighted by atomic mass is 10.1. The Morgan fingerprint density at radius 2 is 1.93 bits per heavy atom. The highest BCUT2D eigenvalue weighted by Crippen LogP contribution is 2.16. The number of aliphatic hydroxyl groups is 1. The monoisotopic (exact) mass is 518 g/mol. The van der Waals surface area contributed by atoms with Crippen LogP contribution >= 0.6 is 24.0 Å². The molecule has 2 unspecified atom stereocenters. The number of hydrogen-bond donors (Lipinski definition) is 3. The van der Waals surface area contributed by atoms with Gasteiger partial charge in [-0.1, -0.05) is 37.3 Å². The van der Waals surface area contributed by atoms with Crippen molar-refractivity contribution in [3.63, 3.8) is 0 Å². The number of halogens is 1. The molecule has 0 bridgehead atoms. The molecule has 166 valence electrons. The summed E-state index contributed by atoms with van der Waals surface area (Å²) in [4.78, 5) is 7.09. The van der Waals surface area contributed by atoms with Crippen LogP contribution in [0.1, 0.15) is 51.7 Å². The van der Waals surface area contributed by atoms with Crippen LogP contribution in [0.5, 0.6) is 0 Å². The molecule has 7 heteroatoms. The van der Waals surface area contributed by atoms with Gasteiger partial charge in [0, 0.05) is 25.7 Å². The quantitative estimate of drug-likeness (QED) is 0.252. The molecule has 29 heavy (non-hydrogen) atoms. The molecular formula is C22H39IN4O2. The minimum absolute atomic E-state index is 0. The fourth-order valence-electron chi connectivity index (χ4n) is 3.46. The van der Waals surface area contributed by atoms with Crippen molar-refractivity contribution in [2.24, 2.45) is 4.99 Å². The van der Waals surface area contributed by atoms with Crippen molar-refractivity contribution in [1.29, 1.82) is 0 Å². The van der Waals surface area contributed by atoms with E-state index in [1.54, 1.807) is 0 Å². The fraction of sp³-hybridized carbons (Fsp3) is 0.682. The third kappa shape index (κ3) is 10.1. The number of nitrogens with one attached hydrogen (secondary N) is 2. The standard InChI is InChI=1S/C22H38N4O2.HI/c1-4-13-26-14-11-20(12-15-26)25-22(23-5-2)24-16-21(27)17-28-18(3)19-9-7-6-8-10-19;/h6-10,18,20-21,27H,4-5,11-17H2,1-3H3,(H2,23,24,25);1H. The summed E-state index contributed by atoms with van der Waals surface area (Å²) < 4.78 is 5.80. The largest absolute Gasteiger partial charge is 0.389 e. The smallest absolute Gasteiger partial charge is 0.191 e. The van der Waals surface area contributed by atoms with Crippen LogP contribution in [0.3, 0.4) is 0 Å². The zero-order chi connectivity index (χ0) is 20.2. The maximum Gasteiger partial charge on any atom is 0.191 e. The molecule has 1 heterocycles. The molecule has 1 aromatic carbocycles. The maximum absolute atomic E-state index is 10.3. The number of ether oxygens (including phenoxy) is 1. The first-order chi connectivity index (χ1) is 13.6. The van der Waals surface area contributed by atoms with E-state index in [1.165, 1.54) is 13.0 Å². The van der Waals surface area contributed by atoms with Crippen molar-refractivity contribution in [3.8, 4) is 0 Å². The normalized spacial score (nSPS) is 18.0. The molecule has 0 aromatic heterocycles. The fourth-order valence-corrected chi connectivity index (χ4v) is 3.46. The van der Waals surface area contributed by atoms with Crippen molar-refractivity contribution >= 4 is 29.9 Å². The van der Waals surface area contributed by atoms with Crippen LogP contribution in [-0.2, 0) is 4.74 Å². The second kappa shape index (κ2) is 15.0. The van der Waals surface area contributed by atoms with Gasteiger partial charge in [-0.05, 0) is 45.2 Å². The SMILES string of the molecule is CCCN1CCC(NC(=NCC(O)COC(C)c2ccccc2)NCC)CC1.I. The summed E-state index contributed by atoms with van der Waals surface area (Å²) in [5.41, 5.74) is 1.11. The van der Waals surface area contributed by atoms with Crippen LogP contribution in [0, 0.1) is 0 Å². The van der Waals surface area contributed by atoms with Gasteiger partial charge in [0.2, 0.25) is 0 Å². The first-order valence-corrected chi connectivity index (χ1v) is 10.7. The van der Waals surface area contributed by atoms with Gasteiger partial charge in [0.05, 0.1) is 25.4 Å². The number of guanidine groups is 1. The number of hydrogen-bond acceptors (Lipinski definition) is 4. The molecule has 2 rings (SSSR count). The summed E-state index contributed by atoms with van der Waals surface area (Å²) in [6.45, 7) is 11.2. The zero-order valence-corrected chi connectivity index (χ0v) is 20.5. The van der Waals surface area contributed by atoms with E-state index in [0.717, 1.165) is 44.0 Å². The summed E-state index contributed by atoms with van der Waals surface area (Å²) in [6.07, 6.45) is 2.81. The molecule has 0 radical (unpaired) electrons. The number of aliphatic imine (C=N–C) groups is 1. The molecule has 3 N–H and O–H groups in total. The first-order valence-electron chi connectivity index (χ1n) is 10.7. The predicted octanol–water partition coefficient (Wildman–Crippen LogP) is 3.17. The Morgan fingerprint density at radius 3 is 2.55 bits per heavy atom. The van der Waals surface area contributed by atoms with Gasteiger partial charge in [0.25, 0.3) is 0 Å². The van der Waals surface area contributed by atoms with Gasteiger partial charge < -0.3 is 25.4 Å². The van der Waals surface area contributed by atoms with Crippen molar-refractivity contribution < 1.29 is 9.84 Å². The molecule has 0 aliphatic carbocycles. The third-order valence-corrected chi connectivity index (χ3v) is 5.08. The van der Waals surface area contributed by atoms with E-state index in [9.17, 15) is 5.11 Å². The van der Waals surface area contributed by atoms with E-state index in [-0.39, 0.29) is 36.7 Å². The van der Waals surface area contributed by atoms with Crippen molar-refractivity contribution in [2.45, 2.75) is 58.3 Å². The summed E-state index contributed by atoms with van der Waals surface area (Å²) >= 11 is 0. The molecule has 6 nitrogen and oxygen atoms in total. The molecule has 0 spiro atoms. The van der Waals surface area contributed by atoms with E-state index in [4.69, 9.17) is 4.74 Å². The van der Waals surface area contributed by atoms with Gasteiger partial charge in [0.15, 0.2) is 5.96 Å². The second-order valence-electron chi connectivity index (χ2n) is 7.52. The molecule has 0 amide bonds. The Kier molecular flexibility index (Phi) is 13.5. The predicted molar refractivity (Wildman–Crippen MR) is 131 cm³/mol. The van der Waals surface area contributed by atoms with Gasteiger partial charge in [-0.25, -0.2) is 0 Å². The summed E-state index contributed by atoms with van der Waals surface area (Å²) in [7, 11) is 0. The molecule has 1 saturated heterocycles. The van der Waals surface area contributed by atoms with E-state index in [0.29, 0.717) is 12.6 Å². The lowest BCUT2D eigenvalue weighted by Crippen LogP contribution is -2.49. The highest BCUT2D eigenvalue weighted by molar-refractivity contribution is 14.0. The topological polar surface area (TPSA) is 69.1 Å². The van der Waals surface area contributed by atoms with Crippen molar-refractivity contribution in [3.05, 3.63) is 35.9 Å². The van der Waals surface area contributed by atoms with Crippen LogP contribution in [0.25, 0.3) is 0 Å². The van der Waals surface area contributed by atoms with E-state index in [2.05, 4.69) is 34.4 Å². The van der Waals surface area contributed by atoms with E-state index < -0.39 is 6.10 Å². The minimum atomic E-state index is -0.618. The van der Waals surface area contributed by atoms with Crippen LogP contribution in [0.15, 0.2) is 35.3 Å². The van der Waals surface area contributed by atoms with E-state index in [1.807, 2.05) is 37.3 Å². The highest BCUT2D eigenvalue weighted by Gasteiger charge is 2.19. The molecule has 1 aliphatic heterocycles. The van der Waals surface area contributed by atoms with Gasteiger partial charge >= 0.3 is 0 Å². The van der Waals surface area contributed by atoms with Crippen LogP contribution in [0.2, 0.25) is 0 Å². The number of aliphatic hydroxyl groups excluding tert-OH is 1. The molecular weight excluding hydrogens is 479 g/mol. The average molecular weight is 518 g/mol. The number of benzene rings is 1. The number of nitrogens with zero attached hydrogens (tertiary/aromatic N) is 2. The van der Waals surface area contributed by atoms with Gasteiger partial charge in [0.1, 0.15) is 0 Å². The maximum atomic E-state index is 10.3. The summed E-state index contributed by atoms with van der Waals surface area (Å²) in [6, 6.07) is 10.5. The lowest BCUT2D eigenvalue weighted by Gasteiger charge is -2.32. The Morgan fingerprint density at radius 1 is 1.24 bits per heavy atom. The molecule has 1 aromatic rings. The Bertz CT molecular complexity index is 565. The Hall–Kier alpha value is -0.900. The Labute approximate surface area is 193 Å². The Balaban J connectivity index is 0.00000420. The number of rotatable bonds is 10. The molecule has 1 fully saturated rings. The van der Waals surface area contributed by atoms with Gasteiger partial charge in [-0.2, -0.15) is 0 Å². The first kappa shape index (κ1) is 26.1. The highest BCUT2D eigenvalue weighted by atomic mass is 127. The zero-order valence-electron chi connectivity index (χ0n) is 18.1. The number of piperidine rings is 1. The molecule has 2 atom stereocenters.